The first kappa shape index (κ1) is 9.38. The highest BCUT2D eigenvalue weighted by molar-refractivity contribution is 7.46. The zero-order valence-corrected chi connectivity index (χ0v) is 5.62. The first-order valence-corrected chi connectivity index (χ1v) is 3.62. The van der Waals surface area contributed by atoms with Crippen molar-refractivity contribution in [3.05, 3.63) is 0 Å². The molecule has 60 valence electrons. The minimum atomic E-state index is -4.55. The van der Waals surface area contributed by atoms with Crippen molar-refractivity contribution < 1.29 is 28.8 Å². The normalized spacial score (nSPS) is 11.0. The summed E-state index contributed by atoms with van der Waals surface area (Å²) in [7, 11) is -4.55. The van der Waals surface area contributed by atoms with E-state index in [1.54, 1.807) is 5.32 Å². The molecule has 0 heterocycles. The average molecular weight is 171 g/mol. The summed E-state index contributed by atoms with van der Waals surface area (Å²) in [6, 6.07) is 0. The molecule has 0 aliphatic rings. The Bertz CT molecular complexity index is 161. The molecule has 0 saturated carbocycles. The molecule has 1 amide bonds. The number of carbonyl (C=O) groups is 1. The fourth-order valence-corrected chi connectivity index (χ4v) is 0.411. The van der Waals surface area contributed by atoms with E-state index >= 15 is 0 Å². The van der Waals surface area contributed by atoms with E-state index < -0.39 is 20.6 Å². The molecule has 8 heteroatoms. The van der Waals surface area contributed by atoms with E-state index in [9.17, 15) is 9.36 Å². The van der Waals surface area contributed by atoms with E-state index in [1.807, 2.05) is 0 Å². The van der Waals surface area contributed by atoms with E-state index in [1.165, 1.54) is 0 Å². The van der Waals surface area contributed by atoms with E-state index in [0.29, 0.717) is 0 Å². The third-order valence-electron chi connectivity index (χ3n) is 0.456. The second kappa shape index (κ2) is 3.52. The highest BCUT2D eigenvalue weighted by Crippen LogP contribution is 2.34. The Kier molecular flexibility index (Phi) is 3.31. The van der Waals surface area contributed by atoms with Crippen LogP contribution in [0.3, 0.4) is 0 Å². The van der Waals surface area contributed by atoms with Crippen LogP contribution in [0.25, 0.3) is 0 Å². The molecular formula is C2H6NO6P. The Balaban J connectivity index is 3.39. The Morgan fingerprint density at radius 1 is 1.60 bits per heavy atom. The number of amides is 1. The summed E-state index contributed by atoms with van der Waals surface area (Å²) < 4.78 is 13.6. The summed E-state index contributed by atoms with van der Waals surface area (Å²) in [6.07, 6.45) is -1.41. The number of rotatable bonds is 3. The van der Waals surface area contributed by atoms with Crippen molar-refractivity contribution in [2.75, 3.05) is 6.73 Å². The van der Waals surface area contributed by atoms with Crippen molar-refractivity contribution in [1.82, 2.24) is 5.32 Å². The molecule has 0 aliphatic heterocycles. The van der Waals surface area contributed by atoms with Gasteiger partial charge in [0.25, 0.3) is 0 Å². The van der Waals surface area contributed by atoms with Crippen molar-refractivity contribution in [1.29, 1.82) is 0 Å². The smallest absolute Gasteiger partial charge is 0.465 e. The van der Waals surface area contributed by atoms with Crippen molar-refractivity contribution in [3.63, 3.8) is 0 Å². The average Bonchev–Trinajstić information content (AvgIpc) is 1.59. The highest BCUT2D eigenvalue weighted by Gasteiger charge is 2.12. The maximum Gasteiger partial charge on any atom is 0.471 e. The Hall–Kier alpha value is -0.620. The van der Waals surface area contributed by atoms with Crippen LogP contribution in [0.5, 0.6) is 0 Å². The Morgan fingerprint density at radius 3 is 2.40 bits per heavy atom. The molecule has 0 rings (SSSR count). The lowest BCUT2D eigenvalue weighted by Gasteiger charge is -2.03. The number of hydrogen-bond donors (Lipinski definition) is 4. The van der Waals surface area contributed by atoms with Gasteiger partial charge in [0.05, 0.1) is 0 Å². The van der Waals surface area contributed by atoms with Crippen LogP contribution in [0.15, 0.2) is 0 Å². The van der Waals surface area contributed by atoms with E-state index in [-0.39, 0.29) is 0 Å². The standard InChI is InChI=1S/C2H6NO6P/c4-2(5)3-1-9-10(6,7)8/h3H,1H2,(H,4,5)(H2,6,7,8). The summed E-state index contributed by atoms with van der Waals surface area (Å²) in [6.45, 7) is -0.723. The topological polar surface area (TPSA) is 116 Å². The van der Waals surface area contributed by atoms with Crippen molar-refractivity contribution >= 4 is 13.9 Å². The van der Waals surface area contributed by atoms with Crippen molar-refractivity contribution in [2.45, 2.75) is 0 Å². The van der Waals surface area contributed by atoms with E-state index in [2.05, 4.69) is 4.52 Å². The van der Waals surface area contributed by atoms with Crippen LogP contribution >= 0.6 is 7.82 Å². The van der Waals surface area contributed by atoms with Gasteiger partial charge < -0.3 is 14.9 Å². The Labute approximate surface area is 55.9 Å². The number of nitrogens with one attached hydrogen (secondary N) is 1. The molecule has 0 aliphatic carbocycles. The second-order valence-electron chi connectivity index (χ2n) is 1.25. The van der Waals surface area contributed by atoms with Crippen molar-refractivity contribution in [2.24, 2.45) is 0 Å². The van der Waals surface area contributed by atoms with Crippen molar-refractivity contribution in [3.8, 4) is 0 Å². The number of phosphoric ester groups is 1. The van der Waals surface area contributed by atoms with Crippen LogP contribution < -0.4 is 5.32 Å². The lowest BCUT2D eigenvalue weighted by atomic mass is 11.1. The molecule has 0 aromatic carbocycles. The van der Waals surface area contributed by atoms with Gasteiger partial charge >= 0.3 is 13.9 Å². The number of carboxylic acid groups (broad SMARTS) is 1. The molecule has 0 spiro atoms. The molecule has 0 radical (unpaired) electrons. The highest BCUT2D eigenvalue weighted by atomic mass is 31.2. The van der Waals surface area contributed by atoms with Crippen LogP contribution in [0.2, 0.25) is 0 Å². The third kappa shape index (κ3) is 7.38. The predicted octanol–water partition coefficient (Wildman–Crippen LogP) is -0.679. The Morgan fingerprint density at radius 2 is 2.10 bits per heavy atom. The zero-order chi connectivity index (χ0) is 8.20. The van der Waals surface area contributed by atoms with Crippen LogP contribution in [-0.4, -0.2) is 27.7 Å². The van der Waals surface area contributed by atoms with Gasteiger partial charge in [-0.2, -0.15) is 0 Å². The summed E-state index contributed by atoms with van der Waals surface area (Å²) >= 11 is 0. The molecular weight excluding hydrogens is 165 g/mol. The molecule has 7 nitrogen and oxygen atoms in total. The largest absolute Gasteiger partial charge is 0.471 e. The van der Waals surface area contributed by atoms with Gasteiger partial charge in [0.15, 0.2) is 0 Å². The fraction of sp³-hybridized carbons (Fsp3) is 0.500. The quantitative estimate of drug-likeness (QED) is 0.330. The molecule has 0 bridgehead atoms. The van der Waals surface area contributed by atoms with Gasteiger partial charge in [-0.25, -0.2) is 9.36 Å². The molecule has 0 fully saturated rings. The first-order chi connectivity index (χ1) is 4.42. The third-order valence-corrected chi connectivity index (χ3v) is 0.922. The maximum atomic E-state index is 9.85. The predicted molar refractivity (Wildman–Crippen MR) is 29.2 cm³/mol. The van der Waals surface area contributed by atoms with Gasteiger partial charge in [-0.15, -0.1) is 0 Å². The second-order valence-corrected chi connectivity index (χ2v) is 2.49. The number of hydrogen-bond acceptors (Lipinski definition) is 3. The fourth-order valence-electron chi connectivity index (χ4n) is 0.178. The van der Waals surface area contributed by atoms with Crippen LogP contribution in [0, 0.1) is 0 Å². The molecule has 0 atom stereocenters. The lowest BCUT2D eigenvalue weighted by molar-refractivity contribution is 0.160. The summed E-state index contributed by atoms with van der Waals surface area (Å²) in [4.78, 5) is 25.6. The van der Waals surface area contributed by atoms with Gasteiger partial charge in [0, 0.05) is 0 Å². The van der Waals surface area contributed by atoms with E-state index in [0.717, 1.165) is 0 Å². The van der Waals surface area contributed by atoms with Gasteiger partial charge in [-0.3, -0.25) is 9.84 Å². The lowest BCUT2D eigenvalue weighted by Crippen LogP contribution is -2.22. The zero-order valence-electron chi connectivity index (χ0n) is 4.72. The molecule has 0 aromatic rings. The van der Waals surface area contributed by atoms with Gasteiger partial charge in [0.2, 0.25) is 0 Å². The molecule has 0 saturated heterocycles. The van der Waals surface area contributed by atoms with Gasteiger partial charge in [0.1, 0.15) is 6.73 Å². The van der Waals surface area contributed by atoms with Crippen LogP contribution in [-0.2, 0) is 9.09 Å². The molecule has 10 heavy (non-hydrogen) atoms. The maximum absolute atomic E-state index is 9.85. The van der Waals surface area contributed by atoms with Crippen LogP contribution in [0.4, 0.5) is 4.79 Å². The summed E-state index contributed by atoms with van der Waals surface area (Å²) in [5.74, 6) is 0. The van der Waals surface area contributed by atoms with E-state index in [4.69, 9.17) is 14.9 Å². The first-order valence-electron chi connectivity index (χ1n) is 2.09. The van der Waals surface area contributed by atoms with Crippen LogP contribution in [0.1, 0.15) is 0 Å². The number of phosphoric acid groups is 1. The van der Waals surface area contributed by atoms with Gasteiger partial charge in [-0.1, -0.05) is 0 Å². The molecule has 4 N–H and O–H groups in total. The monoisotopic (exact) mass is 171 g/mol. The SMILES string of the molecule is O=C(O)NCOP(=O)(O)O. The minimum absolute atomic E-state index is 0.723. The van der Waals surface area contributed by atoms with Gasteiger partial charge in [-0.05, 0) is 0 Å². The summed E-state index contributed by atoms with van der Waals surface area (Å²) in [5.41, 5.74) is 0. The molecule has 0 aromatic heterocycles. The minimum Gasteiger partial charge on any atom is -0.465 e. The summed E-state index contributed by atoms with van der Waals surface area (Å²) in [5, 5.41) is 9.47. The molecule has 0 unspecified atom stereocenters.